The predicted octanol–water partition coefficient (Wildman–Crippen LogP) is 4.75. The average molecular weight is 385 g/mol. The minimum absolute atomic E-state index is 0.192. The van der Waals surface area contributed by atoms with Gasteiger partial charge in [0.1, 0.15) is 5.75 Å². The van der Waals surface area contributed by atoms with Crippen LogP contribution in [-0.2, 0) is 0 Å². The lowest BCUT2D eigenvalue weighted by Gasteiger charge is -2.11. The highest BCUT2D eigenvalue weighted by atomic mass is 35.5. The number of carbonyl (C=O) groups is 2. The highest BCUT2D eigenvalue weighted by molar-refractivity contribution is 6.32. The number of benzene rings is 2. The summed E-state index contributed by atoms with van der Waals surface area (Å²) in [6.07, 6.45) is 1.42. The minimum atomic E-state index is -0.386. The van der Waals surface area contributed by atoms with Crippen LogP contribution in [-0.4, -0.2) is 18.9 Å². The van der Waals surface area contributed by atoms with Crippen molar-refractivity contribution in [3.05, 3.63) is 76.7 Å². The van der Waals surface area contributed by atoms with Crippen molar-refractivity contribution in [2.45, 2.75) is 6.92 Å². The van der Waals surface area contributed by atoms with Crippen molar-refractivity contribution < 1.29 is 18.7 Å². The van der Waals surface area contributed by atoms with Crippen molar-refractivity contribution in [1.82, 2.24) is 0 Å². The first kappa shape index (κ1) is 18.5. The zero-order valence-electron chi connectivity index (χ0n) is 14.7. The van der Waals surface area contributed by atoms with Gasteiger partial charge in [-0.3, -0.25) is 9.59 Å². The molecule has 0 aliphatic carbocycles. The van der Waals surface area contributed by atoms with E-state index in [-0.39, 0.29) is 17.6 Å². The van der Waals surface area contributed by atoms with E-state index in [2.05, 4.69) is 10.6 Å². The molecule has 0 bridgehead atoms. The van der Waals surface area contributed by atoms with E-state index < -0.39 is 0 Å². The molecule has 3 rings (SSSR count). The molecule has 7 heteroatoms. The standard InChI is InChI=1S/C20H17ClN2O4/c1-12-5-6-13(10-16(12)23-20(25)18-4-3-9-27-18)19(24)22-14-7-8-17(26-2)15(21)11-14/h3-11H,1-2H3,(H,22,24)(H,23,25). The van der Waals surface area contributed by atoms with Crippen molar-refractivity contribution in [3.8, 4) is 5.75 Å². The summed E-state index contributed by atoms with van der Waals surface area (Å²) >= 11 is 6.08. The first-order valence-corrected chi connectivity index (χ1v) is 8.46. The van der Waals surface area contributed by atoms with E-state index in [1.807, 2.05) is 6.92 Å². The molecule has 2 aromatic carbocycles. The van der Waals surface area contributed by atoms with Crippen LogP contribution in [0.3, 0.4) is 0 Å². The number of hydrogen-bond donors (Lipinski definition) is 2. The summed E-state index contributed by atoms with van der Waals surface area (Å²) in [4.78, 5) is 24.7. The van der Waals surface area contributed by atoms with E-state index in [0.29, 0.717) is 27.7 Å². The van der Waals surface area contributed by atoms with Gasteiger partial charge in [-0.05, 0) is 55.0 Å². The number of furan rings is 1. The minimum Gasteiger partial charge on any atom is -0.495 e. The van der Waals surface area contributed by atoms with Gasteiger partial charge in [-0.2, -0.15) is 0 Å². The van der Waals surface area contributed by atoms with Crippen molar-refractivity contribution in [2.75, 3.05) is 17.7 Å². The number of hydrogen-bond acceptors (Lipinski definition) is 4. The maximum atomic E-state index is 12.5. The highest BCUT2D eigenvalue weighted by Gasteiger charge is 2.13. The number of halogens is 1. The smallest absolute Gasteiger partial charge is 0.291 e. The maximum Gasteiger partial charge on any atom is 0.291 e. The largest absolute Gasteiger partial charge is 0.495 e. The van der Waals surface area contributed by atoms with E-state index in [4.69, 9.17) is 20.8 Å². The zero-order chi connectivity index (χ0) is 19.4. The molecule has 0 spiro atoms. The van der Waals surface area contributed by atoms with Crippen LogP contribution in [0.1, 0.15) is 26.5 Å². The zero-order valence-corrected chi connectivity index (χ0v) is 15.5. The molecular formula is C20H17ClN2O4. The van der Waals surface area contributed by atoms with Gasteiger partial charge in [0.2, 0.25) is 0 Å². The van der Waals surface area contributed by atoms with Crippen LogP contribution in [0, 0.1) is 6.92 Å². The molecule has 0 atom stereocenters. The van der Waals surface area contributed by atoms with Gasteiger partial charge in [-0.15, -0.1) is 0 Å². The molecule has 2 amide bonds. The molecule has 1 heterocycles. The fraction of sp³-hybridized carbons (Fsp3) is 0.100. The van der Waals surface area contributed by atoms with Gasteiger partial charge in [-0.25, -0.2) is 0 Å². The maximum absolute atomic E-state index is 12.5. The van der Waals surface area contributed by atoms with E-state index in [1.165, 1.54) is 13.4 Å². The van der Waals surface area contributed by atoms with Gasteiger partial charge < -0.3 is 19.8 Å². The van der Waals surface area contributed by atoms with Crippen LogP contribution >= 0.6 is 11.6 Å². The van der Waals surface area contributed by atoms with Crippen molar-refractivity contribution in [2.24, 2.45) is 0 Å². The van der Waals surface area contributed by atoms with Gasteiger partial charge in [-0.1, -0.05) is 17.7 Å². The number of rotatable bonds is 5. The summed E-state index contributed by atoms with van der Waals surface area (Å²) in [6, 6.07) is 13.2. The van der Waals surface area contributed by atoms with Gasteiger partial charge in [0.05, 0.1) is 18.4 Å². The lowest BCUT2D eigenvalue weighted by atomic mass is 10.1. The molecule has 0 unspecified atom stereocenters. The Hall–Kier alpha value is -3.25. The number of methoxy groups -OCH3 is 1. The van der Waals surface area contributed by atoms with E-state index in [1.54, 1.807) is 48.5 Å². The molecule has 2 N–H and O–H groups in total. The Kier molecular flexibility index (Phi) is 5.47. The average Bonchev–Trinajstić information content (AvgIpc) is 3.18. The third-order valence-electron chi connectivity index (χ3n) is 3.90. The third-order valence-corrected chi connectivity index (χ3v) is 4.20. The summed E-state index contributed by atoms with van der Waals surface area (Å²) in [5.74, 6) is -0.00242. The van der Waals surface area contributed by atoms with Gasteiger partial charge in [0.15, 0.2) is 5.76 Å². The number of carbonyl (C=O) groups excluding carboxylic acids is 2. The Morgan fingerprint density at radius 2 is 1.85 bits per heavy atom. The van der Waals surface area contributed by atoms with E-state index in [9.17, 15) is 9.59 Å². The number of ether oxygens (including phenoxy) is 1. The predicted molar refractivity (Wildman–Crippen MR) is 104 cm³/mol. The van der Waals surface area contributed by atoms with E-state index in [0.717, 1.165) is 5.56 Å². The topological polar surface area (TPSA) is 80.6 Å². The Bertz CT molecular complexity index is 984. The molecule has 0 radical (unpaired) electrons. The number of nitrogens with one attached hydrogen (secondary N) is 2. The van der Waals surface area contributed by atoms with Crippen LogP contribution in [0.5, 0.6) is 5.75 Å². The summed E-state index contributed by atoms with van der Waals surface area (Å²) in [5, 5.41) is 5.91. The molecule has 0 aliphatic heterocycles. The Morgan fingerprint density at radius 3 is 2.52 bits per heavy atom. The third kappa shape index (κ3) is 4.30. The Balaban J connectivity index is 1.77. The Morgan fingerprint density at radius 1 is 1.04 bits per heavy atom. The van der Waals surface area contributed by atoms with Crippen molar-refractivity contribution >= 4 is 34.8 Å². The molecule has 0 saturated heterocycles. The highest BCUT2D eigenvalue weighted by Crippen LogP contribution is 2.27. The van der Waals surface area contributed by atoms with Crippen LogP contribution in [0.4, 0.5) is 11.4 Å². The number of aryl methyl sites for hydroxylation is 1. The summed E-state index contributed by atoms with van der Waals surface area (Å²) in [6.45, 7) is 1.84. The second-order valence-electron chi connectivity index (χ2n) is 5.76. The lowest BCUT2D eigenvalue weighted by molar-refractivity contribution is 0.0993. The summed E-state index contributed by atoms with van der Waals surface area (Å²) in [7, 11) is 1.52. The first-order chi connectivity index (χ1) is 13.0. The summed E-state index contributed by atoms with van der Waals surface area (Å²) in [5.41, 5.74) is 2.27. The molecule has 6 nitrogen and oxygen atoms in total. The second-order valence-corrected chi connectivity index (χ2v) is 6.17. The molecule has 138 valence electrons. The molecule has 0 aliphatic rings. The van der Waals surface area contributed by atoms with Crippen LogP contribution in [0.15, 0.2) is 59.2 Å². The Labute approximate surface area is 161 Å². The van der Waals surface area contributed by atoms with Gasteiger partial charge >= 0.3 is 0 Å². The van der Waals surface area contributed by atoms with Gasteiger partial charge in [0, 0.05) is 16.9 Å². The molecule has 0 saturated carbocycles. The molecule has 1 aromatic heterocycles. The van der Waals surface area contributed by atoms with Crippen LogP contribution < -0.4 is 15.4 Å². The van der Waals surface area contributed by atoms with E-state index >= 15 is 0 Å². The van der Waals surface area contributed by atoms with Gasteiger partial charge in [0.25, 0.3) is 11.8 Å². The quantitative estimate of drug-likeness (QED) is 0.664. The molecule has 27 heavy (non-hydrogen) atoms. The lowest BCUT2D eigenvalue weighted by Crippen LogP contribution is -2.15. The second kappa shape index (κ2) is 7.97. The molecule has 3 aromatic rings. The number of anilines is 2. The fourth-order valence-corrected chi connectivity index (χ4v) is 2.69. The SMILES string of the molecule is COc1ccc(NC(=O)c2ccc(C)c(NC(=O)c3ccco3)c2)cc1Cl. The monoisotopic (exact) mass is 384 g/mol. The van der Waals surface area contributed by atoms with Crippen LogP contribution in [0.25, 0.3) is 0 Å². The van der Waals surface area contributed by atoms with Crippen molar-refractivity contribution in [1.29, 1.82) is 0 Å². The molecule has 0 fully saturated rings. The normalized spacial score (nSPS) is 10.3. The number of amides is 2. The van der Waals surface area contributed by atoms with Crippen LogP contribution in [0.2, 0.25) is 5.02 Å². The first-order valence-electron chi connectivity index (χ1n) is 8.08. The van der Waals surface area contributed by atoms with Crippen molar-refractivity contribution in [3.63, 3.8) is 0 Å². The molecular weight excluding hydrogens is 368 g/mol. The fourth-order valence-electron chi connectivity index (χ4n) is 2.44. The summed E-state index contributed by atoms with van der Waals surface area (Å²) < 4.78 is 10.2.